The third-order valence-corrected chi connectivity index (χ3v) is 20.6. The number of ether oxygens (including phenoxy) is 8. The Bertz CT molecular complexity index is 1930. The molecule has 0 bridgehead atoms. The van der Waals surface area contributed by atoms with E-state index in [0.29, 0.717) is 25.7 Å². The van der Waals surface area contributed by atoms with Crippen molar-refractivity contribution in [1.82, 2.24) is 0 Å². The molecule has 1 unspecified atom stereocenters. The monoisotopic (exact) mass is 1080 g/mol. The van der Waals surface area contributed by atoms with Crippen molar-refractivity contribution in [2.45, 2.75) is 241 Å². The maximum absolute atomic E-state index is 11.7. The van der Waals surface area contributed by atoms with Gasteiger partial charge in [0.15, 0.2) is 25.2 Å². The quantitative estimate of drug-likeness (QED) is 0.0614. The molecule has 0 aromatic carbocycles. The van der Waals surface area contributed by atoms with Crippen LogP contribution >= 0.6 is 0 Å². The van der Waals surface area contributed by atoms with Crippen LogP contribution in [0.2, 0.25) is 0 Å². The minimum absolute atomic E-state index is 0.0675. The van der Waals surface area contributed by atoms with Gasteiger partial charge < -0.3 is 109 Å². The topological polar surface area (TPSA) is 357 Å². The summed E-state index contributed by atoms with van der Waals surface area (Å²) in [4.78, 5) is 0. The van der Waals surface area contributed by atoms with Gasteiger partial charge in [-0.05, 0) is 123 Å². The molecule has 4 saturated heterocycles. The third kappa shape index (κ3) is 10.6. The average molecular weight is 1080 g/mol. The molecule has 0 aromatic heterocycles. The van der Waals surface area contributed by atoms with Crippen LogP contribution in [0.25, 0.3) is 0 Å². The predicted octanol–water partition coefficient (Wildman–Crippen LogP) is -1.56. The maximum atomic E-state index is 11.7. The molecule has 22 heteroatoms. The summed E-state index contributed by atoms with van der Waals surface area (Å²) in [5.74, 6) is 0.257. The number of aliphatic hydroxyl groups excluding tert-OH is 14. The molecule has 8 aliphatic rings. The van der Waals surface area contributed by atoms with Crippen LogP contribution in [0.1, 0.15) is 113 Å². The van der Waals surface area contributed by atoms with Gasteiger partial charge in [0.1, 0.15) is 91.6 Å². The van der Waals surface area contributed by atoms with Crippen molar-refractivity contribution < 1.29 is 109 Å². The van der Waals surface area contributed by atoms with E-state index in [1.54, 1.807) is 0 Å². The molecule has 4 aliphatic carbocycles. The van der Waals surface area contributed by atoms with Crippen LogP contribution in [-0.4, -0.2) is 233 Å². The van der Waals surface area contributed by atoms with Crippen molar-refractivity contribution >= 4 is 0 Å². The zero-order chi connectivity index (χ0) is 54.9. The molecule has 8 fully saturated rings. The smallest absolute Gasteiger partial charge is 0.187 e. The number of allylic oxidation sites excluding steroid dienone is 2. The number of hydrogen-bond acceptors (Lipinski definition) is 22. The van der Waals surface area contributed by atoms with Gasteiger partial charge >= 0.3 is 0 Å². The Labute approximate surface area is 439 Å². The van der Waals surface area contributed by atoms with Crippen LogP contribution in [0, 0.1) is 45.3 Å². The fourth-order valence-corrected chi connectivity index (χ4v) is 16.1. The lowest BCUT2D eigenvalue weighted by Crippen LogP contribution is -2.67. The number of rotatable bonds is 16. The van der Waals surface area contributed by atoms with E-state index in [1.165, 1.54) is 0 Å². The standard InChI is InChI=1S/C53H90O22/c1-24(2)9-8-15-53(23-56,75-47-43(67)39(63)37(61)30(72-47)22-69-45-41(65)34(58)27(57)21-68-45)26-12-17-51(6)25(26)10-11-32-50(5)16-14-33(49(3,4)31(50)13-18-52(32,51)7)73-48-44(40(64)36(60)29(20-55)71-48)74-46-42(66)38(62)35(59)28(19-54)70-46/h9,25-48,54-67H,8,10-23H2,1-7H3/t25-,26+,27+,28-,29-,30-,31+,32-,33?,34+,35-,36-,37-,38+,39+,40+,41-,42-,43-,44-,45+,46+,47+,48+,50+,51-,52-,53-/m1/s1. The van der Waals surface area contributed by atoms with Gasteiger partial charge in [-0.1, -0.05) is 46.3 Å². The molecule has 0 aromatic rings. The van der Waals surface area contributed by atoms with E-state index in [2.05, 4.69) is 40.7 Å². The Kier molecular flexibility index (Phi) is 18.4. The molecule has 4 aliphatic heterocycles. The predicted molar refractivity (Wildman–Crippen MR) is 260 cm³/mol. The molecule has 0 radical (unpaired) electrons. The van der Waals surface area contributed by atoms with Gasteiger partial charge in [0, 0.05) is 0 Å². The first kappa shape index (κ1) is 60.0. The number of hydrogen-bond donors (Lipinski definition) is 14. The molecule has 0 spiro atoms. The van der Waals surface area contributed by atoms with E-state index >= 15 is 0 Å². The van der Waals surface area contributed by atoms with E-state index < -0.39 is 160 Å². The highest BCUT2D eigenvalue weighted by molar-refractivity contribution is 5.19. The molecular formula is C53H90O22. The summed E-state index contributed by atoms with van der Waals surface area (Å²) < 4.78 is 48.8. The molecule has 4 heterocycles. The van der Waals surface area contributed by atoms with Gasteiger partial charge in [0.05, 0.1) is 44.7 Å². The van der Waals surface area contributed by atoms with Crippen molar-refractivity contribution in [3.8, 4) is 0 Å². The summed E-state index contributed by atoms with van der Waals surface area (Å²) in [6.45, 7) is 13.0. The lowest BCUT2D eigenvalue weighted by molar-refractivity contribution is -0.378. The molecule has 434 valence electrons. The first-order valence-electron chi connectivity index (χ1n) is 27.4. The lowest BCUT2D eigenvalue weighted by atomic mass is 9.35. The van der Waals surface area contributed by atoms with Crippen LogP contribution in [-0.2, 0) is 37.9 Å². The molecule has 4 saturated carbocycles. The zero-order valence-corrected chi connectivity index (χ0v) is 44.6. The number of fused-ring (bicyclic) bond motifs is 5. The summed E-state index contributed by atoms with van der Waals surface area (Å²) in [6, 6.07) is 0. The van der Waals surface area contributed by atoms with Crippen molar-refractivity contribution in [3.05, 3.63) is 11.6 Å². The van der Waals surface area contributed by atoms with E-state index in [-0.39, 0.29) is 46.5 Å². The Morgan fingerprint density at radius 2 is 1.16 bits per heavy atom. The highest BCUT2D eigenvalue weighted by atomic mass is 16.8. The Morgan fingerprint density at radius 3 is 1.80 bits per heavy atom. The normalized spacial score (nSPS) is 51.7. The van der Waals surface area contributed by atoms with Crippen molar-refractivity contribution in [1.29, 1.82) is 0 Å². The van der Waals surface area contributed by atoms with Crippen LogP contribution in [0.15, 0.2) is 11.6 Å². The number of aliphatic hydroxyl groups is 14. The highest BCUT2D eigenvalue weighted by Crippen LogP contribution is 2.76. The minimum atomic E-state index is -1.80. The summed E-state index contributed by atoms with van der Waals surface area (Å²) in [5.41, 5.74) is -1.27. The first-order chi connectivity index (χ1) is 35.2. The summed E-state index contributed by atoms with van der Waals surface area (Å²) in [5, 5.41) is 150. The van der Waals surface area contributed by atoms with Gasteiger partial charge in [0.2, 0.25) is 0 Å². The van der Waals surface area contributed by atoms with Crippen LogP contribution < -0.4 is 0 Å². The van der Waals surface area contributed by atoms with Gasteiger partial charge in [0.25, 0.3) is 0 Å². The van der Waals surface area contributed by atoms with Crippen molar-refractivity contribution in [3.63, 3.8) is 0 Å². The van der Waals surface area contributed by atoms with E-state index in [1.807, 2.05) is 13.8 Å². The molecular weight excluding hydrogens is 989 g/mol. The molecule has 22 nitrogen and oxygen atoms in total. The molecule has 8 rings (SSSR count). The minimum Gasteiger partial charge on any atom is -0.394 e. The third-order valence-electron chi connectivity index (χ3n) is 20.6. The summed E-state index contributed by atoms with van der Waals surface area (Å²) >= 11 is 0. The molecule has 75 heavy (non-hydrogen) atoms. The second-order valence-electron chi connectivity index (χ2n) is 25.1. The van der Waals surface area contributed by atoms with Gasteiger partial charge in [-0.15, -0.1) is 0 Å². The summed E-state index contributed by atoms with van der Waals surface area (Å²) in [7, 11) is 0. The highest BCUT2D eigenvalue weighted by Gasteiger charge is 2.71. The van der Waals surface area contributed by atoms with E-state index in [4.69, 9.17) is 37.9 Å². The van der Waals surface area contributed by atoms with Crippen LogP contribution in [0.3, 0.4) is 0 Å². The zero-order valence-electron chi connectivity index (χ0n) is 44.6. The molecule has 14 N–H and O–H groups in total. The van der Waals surface area contributed by atoms with Gasteiger partial charge in [-0.3, -0.25) is 0 Å². The largest absolute Gasteiger partial charge is 0.394 e. The van der Waals surface area contributed by atoms with Gasteiger partial charge in [-0.25, -0.2) is 0 Å². The Balaban J connectivity index is 1.01. The second kappa shape index (κ2) is 23.0. The molecule has 0 amide bonds. The molecule has 28 atom stereocenters. The van der Waals surface area contributed by atoms with E-state index in [9.17, 15) is 71.5 Å². The Morgan fingerprint density at radius 1 is 0.573 bits per heavy atom. The van der Waals surface area contributed by atoms with Gasteiger partial charge in [-0.2, -0.15) is 0 Å². The summed E-state index contributed by atoms with van der Waals surface area (Å²) in [6.07, 6.45) is -20.6. The van der Waals surface area contributed by atoms with Crippen LogP contribution in [0.4, 0.5) is 0 Å². The lowest BCUT2D eigenvalue weighted by Gasteiger charge is -2.70. The average Bonchev–Trinajstić information content (AvgIpc) is 3.74. The Hall–Kier alpha value is -1.14. The fourth-order valence-electron chi connectivity index (χ4n) is 16.1. The SMILES string of the molecule is CC(C)=CCC[C@](CO)(O[C@@H]1O[C@H](CO[C@@H]2OC[C@H](O)[C@H](O)[C@H]2O)[C@@H](O)[C@H](O)[C@H]1O)[C@H]1CC[C@]2(C)[C@@H]1CC[C@@H]1[C@@]3(C)CCC(O[C@@H]4O[C@H](CO)[C@@H](O)[C@H](O)[C@H]4O[C@@H]4O[C@H](CO)[C@@H](O)[C@H](O)[C@H]4O)C(C)(C)[C@@H]3CC[C@]12C. The maximum Gasteiger partial charge on any atom is 0.187 e. The van der Waals surface area contributed by atoms with Crippen LogP contribution in [0.5, 0.6) is 0 Å². The first-order valence-corrected chi connectivity index (χ1v) is 27.4. The van der Waals surface area contributed by atoms with E-state index in [0.717, 1.165) is 44.1 Å². The van der Waals surface area contributed by atoms with Crippen molar-refractivity contribution in [2.24, 2.45) is 45.3 Å². The van der Waals surface area contributed by atoms with Crippen molar-refractivity contribution in [2.75, 3.05) is 33.0 Å². The fraction of sp³-hybridized carbons (Fsp3) is 0.962. The second-order valence-corrected chi connectivity index (χ2v) is 25.1.